The fourth-order valence-corrected chi connectivity index (χ4v) is 13.8. The Morgan fingerprint density at radius 2 is 0.936 bits per heavy atom. The van der Waals surface area contributed by atoms with Crippen molar-refractivity contribution < 1.29 is 23.7 Å². The van der Waals surface area contributed by atoms with Gasteiger partial charge in [0.05, 0.1) is 36.1 Å². The Hall–Kier alpha value is -11.5. The molecule has 0 saturated carbocycles. The summed E-state index contributed by atoms with van der Waals surface area (Å²) in [4.78, 5) is 36.8. The van der Waals surface area contributed by atoms with Gasteiger partial charge in [0, 0.05) is 137 Å². The van der Waals surface area contributed by atoms with E-state index in [0.717, 1.165) is 126 Å². The van der Waals surface area contributed by atoms with Gasteiger partial charge in [0.1, 0.15) is 31.5 Å². The molecule has 110 heavy (non-hydrogen) atoms. The van der Waals surface area contributed by atoms with Crippen molar-refractivity contribution in [3.05, 3.63) is 305 Å². The lowest BCUT2D eigenvalue weighted by Crippen LogP contribution is -2.23. The summed E-state index contributed by atoms with van der Waals surface area (Å²) < 4.78 is 26.1. The number of para-hydroxylation sites is 1. The zero-order chi connectivity index (χ0) is 74.9. The van der Waals surface area contributed by atoms with Gasteiger partial charge in [-0.1, -0.05) is 84.9 Å². The van der Waals surface area contributed by atoms with Crippen molar-refractivity contribution in [3.63, 3.8) is 0 Å². The summed E-state index contributed by atoms with van der Waals surface area (Å²) in [6.45, 7) is 12.6. The van der Waals surface area contributed by atoms with Gasteiger partial charge in [0.2, 0.25) is 11.8 Å². The Morgan fingerprint density at radius 1 is 0.345 bits per heavy atom. The van der Waals surface area contributed by atoms with Gasteiger partial charge in [-0.3, -0.25) is 24.9 Å². The quantitative estimate of drug-likeness (QED) is 0.0828. The van der Waals surface area contributed by atoms with Gasteiger partial charge < -0.3 is 55.6 Å². The minimum Gasteiger partial charge on any atom is -0.496 e. The first kappa shape index (κ1) is 78.1. The van der Waals surface area contributed by atoms with Crippen LogP contribution in [0.5, 0.6) is 23.4 Å². The number of aliphatic imine (C=N–C) groups is 1. The lowest BCUT2D eigenvalue weighted by molar-refractivity contribution is 0.164. The van der Waals surface area contributed by atoms with E-state index >= 15 is 0 Å². The molecule has 0 amide bonds. The molecule has 10 aliphatic heterocycles. The summed E-state index contributed by atoms with van der Waals surface area (Å²) >= 11 is 1.82. The average Bonchev–Trinajstić information content (AvgIpc) is 1.14. The van der Waals surface area contributed by atoms with E-state index in [2.05, 4.69) is 180 Å². The summed E-state index contributed by atoms with van der Waals surface area (Å²) in [6, 6.07) is 48.9. The molecule has 18 heterocycles. The molecule has 1 aliphatic carbocycles. The Kier molecular flexibility index (Phi) is 31.7. The van der Waals surface area contributed by atoms with Gasteiger partial charge in [-0.15, -0.1) is 11.8 Å². The molecule has 566 valence electrons. The molecule has 0 radical (unpaired) electrons. The molecule has 0 bridgehead atoms. The van der Waals surface area contributed by atoms with Crippen LogP contribution < -0.4 is 50.8 Å². The maximum Gasteiger partial charge on any atom is 0.257 e. The molecular formula is C89H99N15O5S. The molecule has 8 aromatic heterocycles. The number of hydrogen-bond acceptors (Lipinski definition) is 21. The third-order valence-electron chi connectivity index (χ3n) is 18.7. The maximum absolute atomic E-state index is 5.31. The standard InChI is InChI=1S/C9H9N.C9H11N.C9H9N.C9H8O.3C8H10N2.C8H9NO.C7H8N2O.C7H8N2S.C7H7NO2/c1-2-6-9-8(4-1)5-3-7-10-9;3*1-2-4-9-7-10-6-5-8(9)3-1;1-3-9-6-8-2-4-10-5-7(1)8;1-3-9-5-8-6-10-4-2-7(1)8;1-2-7-3-5-9-6-8(7)10-4-1;1-3-7-4-2-6-10-8(7)9-5-1;2*1-2-6-7(9-3-1)10-5-4-8-6;1-2-6-7(8-3-1)10-5-4-9-6/h1-6,10H,7H2;5-7H,1-4H2;1-4,7H,5-6H2;1-6H,7H2;1,3,6,10H,2,4-5H2;1,3,5,10H,2,4,6H2;3,5-6,10H,1-2,4H2;1,3,5H,2,4,6H2;2*1-3,8H,4-5H2;1-3H,4-5H2. The second kappa shape index (κ2) is 44.7. The molecule has 21 heteroatoms. The molecule has 6 N–H and O–H groups in total. The summed E-state index contributed by atoms with van der Waals surface area (Å²) in [5.74, 6) is 4.02. The minimum atomic E-state index is 0.601. The summed E-state index contributed by atoms with van der Waals surface area (Å²) in [5.41, 5.74) is 22.4. The van der Waals surface area contributed by atoms with Crippen LogP contribution in [0.25, 0.3) is 12.2 Å². The van der Waals surface area contributed by atoms with Gasteiger partial charge in [-0.25, -0.2) is 19.9 Å². The molecular weight excluding hydrogens is 1390 g/mol. The van der Waals surface area contributed by atoms with E-state index in [1.54, 1.807) is 24.9 Å². The van der Waals surface area contributed by atoms with Crippen LogP contribution in [-0.2, 0) is 69.4 Å². The van der Waals surface area contributed by atoms with Gasteiger partial charge >= 0.3 is 0 Å². The largest absolute Gasteiger partial charge is 0.496 e. The molecule has 0 spiro atoms. The Labute approximate surface area is 651 Å². The van der Waals surface area contributed by atoms with E-state index < -0.39 is 0 Å². The van der Waals surface area contributed by atoms with Gasteiger partial charge in [0.15, 0.2) is 5.75 Å². The minimum absolute atomic E-state index is 0.601. The number of hydrogen-bond donors (Lipinski definition) is 6. The van der Waals surface area contributed by atoms with Crippen LogP contribution in [0.2, 0.25) is 0 Å². The molecule has 0 atom stereocenters. The topological polar surface area (TPSA) is 234 Å². The van der Waals surface area contributed by atoms with E-state index in [4.69, 9.17) is 23.7 Å². The predicted octanol–water partition coefficient (Wildman–Crippen LogP) is 15.6. The summed E-state index contributed by atoms with van der Waals surface area (Å²) in [5, 5.41) is 20.8. The third-order valence-corrected chi connectivity index (χ3v) is 19.7. The number of thioether (sulfide) groups is 1. The molecule has 20 nitrogen and oxygen atoms in total. The average molecular weight is 1490 g/mol. The number of benzene rings is 3. The molecule has 0 fully saturated rings. The SMILES string of the molecule is C1=Cc2ccccc2CO1.C1=Cc2ccccc2NC1.C1=NCCc2ccccc21.c1cc2c(cn1)CCCC2.c1cc2c(cn1)CCNC2.c1cc2c(cn1)CNCC2.c1cc2c(cn1)NCCC2.c1cnc2c(c1)CCCO2.c1cnc2c(c1)NCCO2.c1cnc2c(c1)NCCS2.c1cnc2c(c1)OCCO2. The van der Waals surface area contributed by atoms with E-state index in [1.165, 1.54) is 128 Å². The number of aryl methyl sites for hydroxylation is 4. The van der Waals surface area contributed by atoms with Gasteiger partial charge in [-0.05, 0) is 229 Å². The monoisotopic (exact) mass is 1490 g/mol. The van der Waals surface area contributed by atoms with E-state index in [0.29, 0.717) is 38.2 Å². The lowest BCUT2D eigenvalue weighted by atomic mass is 9.94. The number of pyridine rings is 8. The first-order valence-corrected chi connectivity index (χ1v) is 39.3. The zero-order valence-corrected chi connectivity index (χ0v) is 63.3. The number of anilines is 4. The van der Waals surface area contributed by atoms with Crippen LogP contribution in [0.1, 0.15) is 98.0 Å². The number of nitrogens with zero attached hydrogens (tertiary/aromatic N) is 9. The number of aromatic nitrogens is 8. The summed E-state index contributed by atoms with van der Waals surface area (Å²) in [7, 11) is 0. The van der Waals surface area contributed by atoms with Crippen LogP contribution >= 0.6 is 11.8 Å². The fraction of sp³-hybridized carbons (Fsp3) is 0.292. The third kappa shape index (κ3) is 25.3. The normalized spacial score (nSPS) is 15.3. The molecule has 0 unspecified atom stereocenters. The first-order chi connectivity index (χ1) is 54.6. The van der Waals surface area contributed by atoms with E-state index in [-0.39, 0.29) is 0 Å². The Bertz CT molecular complexity index is 3740. The molecule has 11 aliphatic rings. The van der Waals surface area contributed by atoms with Crippen LogP contribution in [-0.4, -0.2) is 124 Å². The van der Waals surface area contributed by atoms with Crippen molar-refractivity contribution >= 4 is 52.9 Å². The highest BCUT2D eigenvalue weighted by molar-refractivity contribution is 7.99. The fourth-order valence-electron chi connectivity index (χ4n) is 13.0. The van der Waals surface area contributed by atoms with Crippen LogP contribution in [0.15, 0.2) is 242 Å². The van der Waals surface area contributed by atoms with Crippen molar-refractivity contribution in [2.24, 2.45) is 4.99 Å². The van der Waals surface area contributed by atoms with Crippen LogP contribution in [0.3, 0.4) is 0 Å². The van der Waals surface area contributed by atoms with Crippen molar-refractivity contribution in [1.29, 1.82) is 0 Å². The number of rotatable bonds is 0. The highest BCUT2D eigenvalue weighted by Crippen LogP contribution is 2.29. The smallest absolute Gasteiger partial charge is 0.257 e. The van der Waals surface area contributed by atoms with Gasteiger partial charge in [-0.2, -0.15) is 0 Å². The zero-order valence-electron chi connectivity index (χ0n) is 62.5. The molecule has 3 aromatic carbocycles. The molecule has 0 saturated heterocycles. The van der Waals surface area contributed by atoms with Crippen molar-refractivity contribution in [2.45, 2.75) is 95.4 Å². The van der Waals surface area contributed by atoms with Crippen molar-refractivity contribution in [2.75, 3.05) is 99.3 Å². The Balaban J connectivity index is 0.000000113. The second-order valence-corrected chi connectivity index (χ2v) is 27.5. The summed E-state index contributed by atoms with van der Waals surface area (Å²) in [6.07, 6.45) is 45.5. The number of nitrogens with one attached hydrogen (secondary N) is 6. The van der Waals surface area contributed by atoms with Crippen LogP contribution in [0.4, 0.5) is 22.7 Å². The lowest BCUT2D eigenvalue weighted by Gasteiger charge is -2.16. The predicted molar refractivity (Wildman–Crippen MR) is 443 cm³/mol. The second-order valence-electron chi connectivity index (χ2n) is 26.4. The van der Waals surface area contributed by atoms with Crippen molar-refractivity contribution in [3.8, 4) is 23.4 Å². The molecule has 22 rings (SSSR count). The number of ether oxygens (including phenoxy) is 5. The van der Waals surface area contributed by atoms with Crippen LogP contribution in [0, 0.1) is 0 Å². The van der Waals surface area contributed by atoms with E-state index in [1.807, 2.05) is 134 Å². The first-order valence-electron chi connectivity index (χ1n) is 38.3. The number of fused-ring (bicyclic) bond motifs is 11. The molecule has 11 aromatic rings. The van der Waals surface area contributed by atoms with Crippen molar-refractivity contribution in [1.82, 2.24) is 50.5 Å². The Morgan fingerprint density at radius 3 is 1.69 bits per heavy atom. The van der Waals surface area contributed by atoms with Gasteiger partial charge in [0.25, 0.3) is 5.88 Å². The van der Waals surface area contributed by atoms with E-state index in [9.17, 15) is 0 Å². The highest BCUT2D eigenvalue weighted by Gasteiger charge is 2.15. The maximum atomic E-state index is 5.31. The highest BCUT2D eigenvalue weighted by atomic mass is 32.2.